The summed E-state index contributed by atoms with van der Waals surface area (Å²) in [5.41, 5.74) is 2.47. The van der Waals surface area contributed by atoms with Gasteiger partial charge in [-0.05, 0) is 35.4 Å². The normalized spacial score (nSPS) is 12.0. The Labute approximate surface area is 194 Å². The summed E-state index contributed by atoms with van der Waals surface area (Å²) in [5, 5.41) is 13.1. The highest BCUT2D eigenvalue weighted by atomic mass is 35.5. The molecule has 0 fully saturated rings. The lowest BCUT2D eigenvalue weighted by atomic mass is 10.0. The van der Waals surface area contributed by atoms with Crippen molar-refractivity contribution in [1.82, 2.24) is 10.3 Å². The number of nitrogens with one attached hydrogen (secondary N) is 1. The number of nitrogens with zero attached hydrogens (tertiary/aromatic N) is 1. The van der Waals surface area contributed by atoms with Gasteiger partial charge >= 0.3 is 5.97 Å². The molecule has 0 aliphatic carbocycles. The third kappa shape index (κ3) is 6.07. The number of halogens is 3. The Kier molecular flexibility index (Phi) is 7.69. The van der Waals surface area contributed by atoms with E-state index >= 15 is 0 Å². The van der Waals surface area contributed by atoms with Crippen LogP contribution in [0.2, 0.25) is 15.2 Å². The predicted octanol–water partition coefficient (Wildman–Crippen LogP) is 5.64. The van der Waals surface area contributed by atoms with Gasteiger partial charge in [0.2, 0.25) is 0 Å². The minimum absolute atomic E-state index is 0.0129. The molecule has 1 heterocycles. The minimum Gasteiger partial charge on any atom is -0.480 e. The van der Waals surface area contributed by atoms with Crippen LogP contribution >= 0.6 is 34.8 Å². The van der Waals surface area contributed by atoms with Crippen LogP contribution in [0.15, 0.2) is 60.8 Å². The zero-order valence-corrected chi connectivity index (χ0v) is 18.3. The zero-order valence-electron chi connectivity index (χ0n) is 16.1. The molecule has 0 bridgehead atoms. The molecule has 1 atom stereocenters. The molecule has 1 amide bonds. The van der Waals surface area contributed by atoms with Crippen LogP contribution in [0.5, 0.6) is 0 Å². The van der Waals surface area contributed by atoms with Crippen molar-refractivity contribution < 1.29 is 14.7 Å². The van der Waals surface area contributed by atoms with Crippen molar-refractivity contribution in [2.24, 2.45) is 0 Å². The second-order valence-electron chi connectivity index (χ2n) is 6.62. The summed E-state index contributed by atoms with van der Waals surface area (Å²) < 4.78 is 0. The van der Waals surface area contributed by atoms with Gasteiger partial charge in [0.1, 0.15) is 11.2 Å². The third-order valence-electron chi connectivity index (χ3n) is 4.47. The van der Waals surface area contributed by atoms with Gasteiger partial charge in [-0.1, -0.05) is 77.3 Å². The van der Waals surface area contributed by atoms with E-state index in [2.05, 4.69) is 10.3 Å². The van der Waals surface area contributed by atoms with E-state index in [4.69, 9.17) is 34.8 Å². The maximum absolute atomic E-state index is 12.4. The van der Waals surface area contributed by atoms with E-state index in [1.807, 2.05) is 24.3 Å². The highest BCUT2D eigenvalue weighted by molar-refractivity contribution is 6.37. The molecular formula is C23H17Cl3N2O3. The van der Waals surface area contributed by atoms with Gasteiger partial charge in [-0.15, -0.1) is 0 Å². The van der Waals surface area contributed by atoms with Crippen LogP contribution < -0.4 is 5.32 Å². The Morgan fingerprint density at radius 2 is 1.65 bits per heavy atom. The molecule has 0 aliphatic heterocycles. The average molecular weight is 476 g/mol. The van der Waals surface area contributed by atoms with Crippen molar-refractivity contribution >= 4 is 58.8 Å². The number of rotatable bonds is 7. The number of carboxylic acids is 1. The first-order valence-electron chi connectivity index (χ1n) is 9.20. The monoisotopic (exact) mass is 474 g/mol. The number of aromatic nitrogens is 1. The lowest BCUT2D eigenvalue weighted by molar-refractivity contribution is -0.139. The quantitative estimate of drug-likeness (QED) is 0.342. The minimum atomic E-state index is -1.15. The first-order valence-corrected chi connectivity index (χ1v) is 10.3. The van der Waals surface area contributed by atoms with Gasteiger partial charge in [-0.25, -0.2) is 9.78 Å². The maximum Gasteiger partial charge on any atom is 0.326 e. The second kappa shape index (κ2) is 10.4. The topological polar surface area (TPSA) is 79.3 Å². The molecule has 0 saturated heterocycles. The van der Waals surface area contributed by atoms with E-state index < -0.39 is 17.9 Å². The first-order chi connectivity index (χ1) is 14.8. The smallest absolute Gasteiger partial charge is 0.326 e. The van der Waals surface area contributed by atoms with Crippen LogP contribution in [0.3, 0.4) is 0 Å². The lowest BCUT2D eigenvalue weighted by Crippen LogP contribution is -2.42. The highest BCUT2D eigenvalue weighted by Crippen LogP contribution is 2.26. The highest BCUT2D eigenvalue weighted by Gasteiger charge is 2.22. The molecule has 0 unspecified atom stereocenters. The Hall–Kier alpha value is -2.86. The molecular weight excluding hydrogens is 459 g/mol. The Bertz CT molecular complexity index is 1110. The third-order valence-corrected chi connectivity index (χ3v) is 5.43. The number of hydrogen-bond acceptors (Lipinski definition) is 3. The number of carboxylic acid groups (broad SMARTS) is 1. The van der Waals surface area contributed by atoms with Crippen molar-refractivity contribution in [2.75, 3.05) is 0 Å². The van der Waals surface area contributed by atoms with Crippen LogP contribution in [0, 0.1) is 0 Å². The van der Waals surface area contributed by atoms with Gasteiger partial charge in [0, 0.05) is 28.2 Å². The van der Waals surface area contributed by atoms with E-state index in [0.717, 1.165) is 16.7 Å². The Morgan fingerprint density at radius 1 is 0.968 bits per heavy atom. The van der Waals surface area contributed by atoms with E-state index in [0.29, 0.717) is 10.0 Å². The SMILES string of the molecule is O=C(N[C@@H](Cc1ccc(/C=C/c2c(Cl)cccc2Cl)cc1)C(=O)O)c1cccnc1Cl. The van der Waals surface area contributed by atoms with Crippen LogP contribution in [0.25, 0.3) is 12.2 Å². The lowest BCUT2D eigenvalue weighted by Gasteiger charge is -2.15. The van der Waals surface area contributed by atoms with E-state index in [-0.39, 0.29) is 17.1 Å². The molecule has 2 N–H and O–H groups in total. The molecule has 0 aliphatic rings. The van der Waals surface area contributed by atoms with E-state index in [1.165, 1.54) is 12.3 Å². The molecule has 31 heavy (non-hydrogen) atoms. The fraction of sp³-hybridized carbons (Fsp3) is 0.0870. The van der Waals surface area contributed by atoms with Crippen LogP contribution in [0.4, 0.5) is 0 Å². The molecule has 8 heteroatoms. The van der Waals surface area contributed by atoms with E-state index in [9.17, 15) is 14.7 Å². The van der Waals surface area contributed by atoms with Gasteiger partial charge in [0.25, 0.3) is 5.91 Å². The molecule has 0 radical (unpaired) electrons. The molecule has 3 rings (SSSR count). The summed E-state index contributed by atoms with van der Waals surface area (Å²) in [7, 11) is 0. The molecule has 158 valence electrons. The summed E-state index contributed by atoms with van der Waals surface area (Å²) in [6.07, 6.45) is 5.23. The van der Waals surface area contributed by atoms with Gasteiger partial charge in [-0.3, -0.25) is 4.79 Å². The summed E-state index contributed by atoms with van der Waals surface area (Å²) in [4.78, 5) is 27.8. The standard InChI is InChI=1S/C23H17Cl3N2O3/c24-18-4-1-5-19(25)16(18)11-10-14-6-8-15(9-7-14)13-20(23(30)31)28-22(29)17-3-2-12-27-21(17)26/h1-12,20H,13H2,(H,28,29)(H,30,31)/b11-10+/t20-/m0/s1. The predicted molar refractivity (Wildman–Crippen MR) is 124 cm³/mol. The van der Waals surface area contributed by atoms with E-state index in [1.54, 1.807) is 36.4 Å². The molecule has 1 aromatic heterocycles. The Balaban J connectivity index is 1.69. The van der Waals surface area contributed by atoms with Crippen LogP contribution in [0.1, 0.15) is 27.0 Å². The first kappa shape index (κ1) is 22.8. The summed E-state index contributed by atoms with van der Waals surface area (Å²) in [6.45, 7) is 0. The number of pyridine rings is 1. The number of aliphatic carboxylic acids is 1. The molecule has 0 saturated carbocycles. The van der Waals surface area contributed by atoms with Crippen molar-refractivity contribution in [2.45, 2.75) is 12.5 Å². The molecule has 3 aromatic rings. The second-order valence-corrected chi connectivity index (χ2v) is 7.79. The fourth-order valence-corrected chi connectivity index (χ4v) is 3.57. The van der Waals surface area contributed by atoms with Crippen molar-refractivity contribution in [3.8, 4) is 0 Å². The average Bonchev–Trinajstić information content (AvgIpc) is 2.74. The molecule has 0 spiro atoms. The van der Waals surface area contributed by atoms with Gasteiger partial charge in [0.15, 0.2) is 0 Å². The number of benzene rings is 2. The van der Waals surface area contributed by atoms with Gasteiger partial charge in [0.05, 0.1) is 5.56 Å². The number of carbonyl (C=O) groups is 2. The zero-order chi connectivity index (χ0) is 22.4. The van der Waals surface area contributed by atoms with Crippen LogP contribution in [-0.2, 0) is 11.2 Å². The number of amides is 1. The summed E-state index contributed by atoms with van der Waals surface area (Å²) in [6, 6.07) is 14.5. The van der Waals surface area contributed by atoms with Gasteiger partial charge < -0.3 is 10.4 Å². The van der Waals surface area contributed by atoms with Gasteiger partial charge in [-0.2, -0.15) is 0 Å². The number of hydrogen-bond donors (Lipinski definition) is 2. The molecule has 2 aromatic carbocycles. The fourth-order valence-electron chi connectivity index (χ4n) is 2.84. The van der Waals surface area contributed by atoms with Crippen molar-refractivity contribution in [1.29, 1.82) is 0 Å². The Morgan fingerprint density at radius 3 is 2.26 bits per heavy atom. The van der Waals surface area contributed by atoms with Crippen molar-refractivity contribution in [3.05, 3.63) is 98.2 Å². The molecule has 5 nitrogen and oxygen atoms in total. The largest absolute Gasteiger partial charge is 0.480 e. The summed E-state index contributed by atoms with van der Waals surface area (Å²) in [5.74, 6) is -1.74. The van der Waals surface area contributed by atoms with Crippen molar-refractivity contribution in [3.63, 3.8) is 0 Å². The maximum atomic E-state index is 12.4. The number of carbonyl (C=O) groups excluding carboxylic acids is 1. The van der Waals surface area contributed by atoms with Crippen LogP contribution in [-0.4, -0.2) is 28.0 Å². The summed E-state index contributed by atoms with van der Waals surface area (Å²) >= 11 is 18.2.